The van der Waals surface area contributed by atoms with Crippen LogP contribution in [0.25, 0.3) is 0 Å². The lowest BCUT2D eigenvalue weighted by atomic mass is 10.2. The van der Waals surface area contributed by atoms with Crippen LogP contribution in [0.15, 0.2) is 22.7 Å². The number of benzene rings is 1. The molecule has 0 bridgehead atoms. The van der Waals surface area contributed by atoms with Crippen LogP contribution in [0.3, 0.4) is 0 Å². The monoisotopic (exact) mass is 264 g/mol. The van der Waals surface area contributed by atoms with Crippen molar-refractivity contribution in [1.29, 1.82) is 0 Å². The molecule has 1 rings (SSSR count). The number of hydrogen-bond acceptors (Lipinski definition) is 1. The van der Waals surface area contributed by atoms with E-state index in [0.29, 0.717) is 0 Å². The molecule has 0 nitrogen and oxygen atoms in total. The van der Waals surface area contributed by atoms with Gasteiger partial charge in [0, 0.05) is 15.2 Å². The minimum Gasteiger partial charge on any atom is -0.157 e. The molecule has 0 saturated carbocycles. The lowest BCUT2D eigenvalue weighted by molar-refractivity contribution is 1.38. The van der Waals surface area contributed by atoms with Gasteiger partial charge in [0.05, 0.1) is 0 Å². The third-order valence-corrected chi connectivity index (χ3v) is 3.25. The second-order valence-corrected chi connectivity index (χ2v) is 4.97. The third kappa shape index (κ3) is 3.00. The maximum absolute atomic E-state index is 6.00. The zero-order chi connectivity index (χ0) is 8.97. The second kappa shape index (κ2) is 5.15. The Morgan fingerprint density at radius 1 is 1.50 bits per heavy atom. The average molecular weight is 266 g/mol. The predicted molar refractivity (Wildman–Crippen MR) is 61.0 cm³/mol. The molecule has 0 aliphatic heterocycles. The molecule has 0 saturated heterocycles. The van der Waals surface area contributed by atoms with Crippen LogP contribution in [0, 0.1) is 0 Å². The highest BCUT2D eigenvalue weighted by molar-refractivity contribution is 9.10. The topological polar surface area (TPSA) is 0 Å². The SMILES string of the molecule is CCSCc1cc(Br)ccc1Cl. The predicted octanol–water partition coefficient (Wildman–Crippen LogP) is 4.36. The Morgan fingerprint density at radius 3 is 2.92 bits per heavy atom. The molecule has 0 radical (unpaired) electrons. The molecule has 3 heteroatoms. The highest BCUT2D eigenvalue weighted by atomic mass is 79.9. The Morgan fingerprint density at radius 2 is 2.25 bits per heavy atom. The van der Waals surface area contributed by atoms with Gasteiger partial charge in [0.1, 0.15) is 0 Å². The summed E-state index contributed by atoms with van der Waals surface area (Å²) in [6.45, 7) is 2.15. The van der Waals surface area contributed by atoms with Crippen LogP contribution in [-0.4, -0.2) is 5.75 Å². The first-order chi connectivity index (χ1) is 5.74. The van der Waals surface area contributed by atoms with Gasteiger partial charge >= 0.3 is 0 Å². The molecule has 0 aromatic heterocycles. The van der Waals surface area contributed by atoms with Crippen LogP contribution in [0.1, 0.15) is 12.5 Å². The lowest BCUT2D eigenvalue weighted by Gasteiger charge is -2.02. The molecule has 1 aromatic carbocycles. The van der Waals surface area contributed by atoms with Crippen molar-refractivity contribution in [2.75, 3.05) is 5.75 Å². The molecule has 0 unspecified atom stereocenters. The molecule has 0 spiro atoms. The zero-order valence-electron chi connectivity index (χ0n) is 6.81. The minimum absolute atomic E-state index is 0.860. The number of hydrogen-bond donors (Lipinski definition) is 0. The molecule has 0 N–H and O–H groups in total. The Bertz CT molecular complexity index is 263. The molecule has 0 atom stereocenters. The van der Waals surface area contributed by atoms with Crippen molar-refractivity contribution in [3.8, 4) is 0 Å². The molecule has 0 fully saturated rings. The van der Waals surface area contributed by atoms with E-state index in [9.17, 15) is 0 Å². The summed E-state index contributed by atoms with van der Waals surface area (Å²) in [4.78, 5) is 0. The van der Waals surface area contributed by atoms with Gasteiger partial charge in [0.2, 0.25) is 0 Å². The first-order valence-electron chi connectivity index (χ1n) is 3.75. The summed E-state index contributed by atoms with van der Waals surface area (Å²) in [5.41, 5.74) is 1.21. The Kier molecular flexibility index (Phi) is 4.47. The molecular weight excluding hydrogens is 256 g/mol. The normalized spacial score (nSPS) is 10.2. The maximum atomic E-state index is 6.00. The molecular formula is C9H10BrClS. The van der Waals surface area contributed by atoms with Gasteiger partial charge in [-0.25, -0.2) is 0 Å². The molecule has 0 heterocycles. The van der Waals surface area contributed by atoms with E-state index in [2.05, 4.69) is 28.9 Å². The van der Waals surface area contributed by atoms with E-state index < -0.39 is 0 Å². The van der Waals surface area contributed by atoms with E-state index in [1.165, 1.54) is 5.56 Å². The fourth-order valence-corrected chi connectivity index (χ4v) is 2.20. The van der Waals surface area contributed by atoms with E-state index in [0.717, 1.165) is 21.0 Å². The molecule has 66 valence electrons. The summed E-state index contributed by atoms with van der Waals surface area (Å²) in [6.07, 6.45) is 0. The number of rotatable bonds is 3. The van der Waals surface area contributed by atoms with Gasteiger partial charge in [0.15, 0.2) is 0 Å². The maximum Gasteiger partial charge on any atom is 0.0447 e. The first kappa shape index (κ1) is 10.4. The van der Waals surface area contributed by atoms with Gasteiger partial charge in [-0.1, -0.05) is 34.5 Å². The van der Waals surface area contributed by atoms with Crippen molar-refractivity contribution in [3.63, 3.8) is 0 Å². The van der Waals surface area contributed by atoms with Crippen LogP contribution >= 0.6 is 39.3 Å². The third-order valence-electron chi connectivity index (χ3n) is 1.47. The summed E-state index contributed by atoms with van der Waals surface area (Å²) in [7, 11) is 0. The first-order valence-corrected chi connectivity index (χ1v) is 6.08. The fraction of sp³-hybridized carbons (Fsp3) is 0.333. The van der Waals surface area contributed by atoms with E-state index in [1.54, 1.807) is 0 Å². The van der Waals surface area contributed by atoms with Gasteiger partial charge in [-0.2, -0.15) is 11.8 Å². The van der Waals surface area contributed by atoms with Gasteiger partial charge in [-0.15, -0.1) is 0 Å². The molecule has 0 aliphatic carbocycles. The van der Waals surface area contributed by atoms with E-state index in [-0.39, 0.29) is 0 Å². The van der Waals surface area contributed by atoms with Crippen LogP contribution in [0.4, 0.5) is 0 Å². The highest BCUT2D eigenvalue weighted by Crippen LogP contribution is 2.24. The molecule has 0 amide bonds. The standard InChI is InChI=1S/C9H10BrClS/c1-2-12-6-7-5-8(10)3-4-9(7)11/h3-5H,2,6H2,1H3. The van der Waals surface area contributed by atoms with E-state index >= 15 is 0 Å². The van der Waals surface area contributed by atoms with Gasteiger partial charge in [-0.05, 0) is 29.5 Å². The summed E-state index contributed by atoms with van der Waals surface area (Å²) >= 11 is 11.3. The van der Waals surface area contributed by atoms with Crippen molar-refractivity contribution >= 4 is 39.3 Å². The largest absolute Gasteiger partial charge is 0.157 e. The number of thioether (sulfide) groups is 1. The lowest BCUT2D eigenvalue weighted by Crippen LogP contribution is -1.82. The Labute approximate surface area is 90.8 Å². The van der Waals surface area contributed by atoms with Crippen molar-refractivity contribution in [3.05, 3.63) is 33.3 Å². The highest BCUT2D eigenvalue weighted by Gasteiger charge is 1.99. The fourth-order valence-electron chi connectivity index (χ4n) is 0.866. The summed E-state index contributed by atoms with van der Waals surface area (Å²) in [5.74, 6) is 2.12. The van der Waals surface area contributed by atoms with Crippen molar-refractivity contribution in [1.82, 2.24) is 0 Å². The summed E-state index contributed by atoms with van der Waals surface area (Å²) in [5, 5.41) is 0.860. The van der Waals surface area contributed by atoms with Gasteiger partial charge < -0.3 is 0 Å². The summed E-state index contributed by atoms with van der Waals surface area (Å²) < 4.78 is 1.10. The minimum atomic E-state index is 0.860. The van der Waals surface area contributed by atoms with Gasteiger partial charge in [-0.3, -0.25) is 0 Å². The van der Waals surface area contributed by atoms with Crippen LogP contribution in [-0.2, 0) is 5.75 Å². The van der Waals surface area contributed by atoms with Crippen LogP contribution in [0.5, 0.6) is 0 Å². The Hall–Kier alpha value is 0.340. The van der Waals surface area contributed by atoms with Crippen molar-refractivity contribution < 1.29 is 0 Å². The van der Waals surface area contributed by atoms with E-state index in [4.69, 9.17) is 11.6 Å². The Balaban J connectivity index is 2.75. The van der Waals surface area contributed by atoms with Crippen LogP contribution < -0.4 is 0 Å². The second-order valence-electron chi connectivity index (χ2n) is 2.37. The van der Waals surface area contributed by atoms with Gasteiger partial charge in [0.25, 0.3) is 0 Å². The smallest absolute Gasteiger partial charge is 0.0447 e. The quantitative estimate of drug-likeness (QED) is 0.783. The van der Waals surface area contributed by atoms with Crippen LogP contribution in [0.2, 0.25) is 5.02 Å². The van der Waals surface area contributed by atoms with Crippen molar-refractivity contribution in [2.24, 2.45) is 0 Å². The number of halogens is 2. The summed E-state index contributed by atoms with van der Waals surface area (Å²) in [6, 6.07) is 5.96. The van der Waals surface area contributed by atoms with E-state index in [1.807, 2.05) is 23.9 Å². The average Bonchev–Trinajstić information content (AvgIpc) is 2.07. The van der Waals surface area contributed by atoms with Crippen molar-refractivity contribution in [2.45, 2.75) is 12.7 Å². The molecule has 12 heavy (non-hydrogen) atoms. The molecule has 0 aliphatic rings. The zero-order valence-corrected chi connectivity index (χ0v) is 9.97. The molecule has 1 aromatic rings.